The minimum atomic E-state index is -0.403. The molecular weight excluding hydrogens is 296 g/mol. The molecule has 0 amide bonds. The van der Waals surface area contributed by atoms with Gasteiger partial charge in [0.05, 0.1) is 0 Å². The zero-order valence-corrected chi connectivity index (χ0v) is 12.6. The molecular formula is C17H16N2O4. The van der Waals surface area contributed by atoms with Crippen LogP contribution in [0.3, 0.4) is 0 Å². The summed E-state index contributed by atoms with van der Waals surface area (Å²) in [5.41, 5.74) is 1.43. The Kier molecular flexibility index (Phi) is 3.83. The third-order valence-electron chi connectivity index (χ3n) is 4.05. The fourth-order valence-electron chi connectivity index (χ4n) is 2.91. The van der Waals surface area contributed by atoms with Gasteiger partial charge in [-0.25, -0.2) is 0 Å². The van der Waals surface area contributed by atoms with Gasteiger partial charge in [-0.05, 0) is 18.6 Å². The second-order valence-corrected chi connectivity index (χ2v) is 5.46. The highest BCUT2D eigenvalue weighted by Crippen LogP contribution is 2.24. The standard InChI is InChI=1S/C17H16N2O4/c1-2-3-7-19-16(21)12-6-4-5-11-14(12)13(17(19)22)8-10(9-18-23)15(11)20/h4-6,8-9,18,23H,2-3,7H2,1H3/b10-9+. The van der Waals surface area contributed by atoms with E-state index in [1.54, 1.807) is 18.2 Å². The lowest BCUT2D eigenvalue weighted by Crippen LogP contribution is -2.38. The maximum absolute atomic E-state index is 12.7. The molecule has 1 aromatic rings. The number of aromatic nitrogens is 1. The maximum atomic E-state index is 12.7. The van der Waals surface area contributed by atoms with Crippen molar-refractivity contribution in [3.05, 3.63) is 60.4 Å². The molecule has 0 spiro atoms. The fraction of sp³-hybridized carbons (Fsp3) is 0.235. The number of rotatable bonds is 4. The number of unbranched alkanes of at least 4 members (excludes halogenated alkanes) is 1. The lowest BCUT2D eigenvalue weighted by molar-refractivity contribution is 0.230. The Morgan fingerprint density at radius 3 is 2.61 bits per heavy atom. The lowest BCUT2D eigenvalue weighted by atomic mass is 9.95. The van der Waals surface area contributed by atoms with Crippen LogP contribution in [0.4, 0.5) is 0 Å². The summed E-state index contributed by atoms with van der Waals surface area (Å²) in [6.07, 6.45) is 2.71. The van der Waals surface area contributed by atoms with Crippen molar-refractivity contribution in [1.29, 1.82) is 0 Å². The van der Waals surface area contributed by atoms with Gasteiger partial charge in [0.2, 0.25) is 0 Å². The molecule has 6 nitrogen and oxygen atoms in total. The summed E-state index contributed by atoms with van der Waals surface area (Å²) in [5, 5.41) is 9.68. The third kappa shape index (κ3) is 2.27. The largest absolute Gasteiger partial charge is 0.292 e. The van der Waals surface area contributed by atoms with Gasteiger partial charge in [0.1, 0.15) is 0 Å². The Morgan fingerprint density at radius 1 is 1.17 bits per heavy atom. The summed E-state index contributed by atoms with van der Waals surface area (Å²) >= 11 is 0. The molecule has 23 heavy (non-hydrogen) atoms. The van der Waals surface area contributed by atoms with E-state index in [2.05, 4.69) is 0 Å². The minimum Gasteiger partial charge on any atom is -0.292 e. The summed E-state index contributed by atoms with van der Waals surface area (Å²) in [4.78, 5) is 37.7. The molecule has 2 aliphatic rings. The second kappa shape index (κ2) is 5.81. The van der Waals surface area contributed by atoms with Crippen molar-refractivity contribution >= 4 is 17.0 Å². The van der Waals surface area contributed by atoms with E-state index in [-0.39, 0.29) is 16.2 Å². The van der Waals surface area contributed by atoms with E-state index in [1.807, 2.05) is 12.4 Å². The normalized spacial score (nSPS) is 12.3. The van der Waals surface area contributed by atoms with E-state index in [1.165, 1.54) is 10.6 Å². The van der Waals surface area contributed by atoms with E-state index in [0.717, 1.165) is 19.0 Å². The summed E-state index contributed by atoms with van der Waals surface area (Å²) in [7, 11) is 0. The fourth-order valence-corrected chi connectivity index (χ4v) is 2.91. The van der Waals surface area contributed by atoms with Crippen molar-refractivity contribution in [3.8, 4) is 11.1 Å². The van der Waals surface area contributed by atoms with Gasteiger partial charge in [-0.15, -0.1) is 0 Å². The topological polar surface area (TPSA) is 88.4 Å². The van der Waals surface area contributed by atoms with Crippen molar-refractivity contribution < 1.29 is 5.21 Å². The Morgan fingerprint density at radius 2 is 1.91 bits per heavy atom. The van der Waals surface area contributed by atoms with Crippen LogP contribution in [-0.4, -0.2) is 9.77 Å². The molecule has 1 aliphatic carbocycles. The Hall–Kier alpha value is -2.73. The van der Waals surface area contributed by atoms with Crippen molar-refractivity contribution in [2.24, 2.45) is 0 Å². The number of hydroxylamine groups is 1. The van der Waals surface area contributed by atoms with Crippen LogP contribution in [0.15, 0.2) is 38.6 Å². The van der Waals surface area contributed by atoms with E-state index >= 15 is 0 Å². The number of benzene rings is 2. The average molecular weight is 312 g/mol. The van der Waals surface area contributed by atoms with E-state index in [0.29, 0.717) is 28.4 Å². The molecule has 0 saturated heterocycles. The summed E-state index contributed by atoms with van der Waals surface area (Å²) < 4.78 is 1.22. The average Bonchev–Trinajstić information content (AvgIpc) is 2.56. The van der Waals surface area contributed by atoms with E-state index in [4.69, 9.17) is 5.21 Å². The summed E-state index contributed by atoms with van der Waals surface area (Å²) in [6, 6.07) is 6.27. The van der Waals surface area contributed by atoms with Crippen molar-refractivity contribution in [1.82, 2.24) is 10.0 Å². The van der Waals surface area contributed by atoms with Gasteiger partial charge in [0.15, 0.2) is 5.43 Å². The first-order valence-electron chi connectivity index (χ1n) is 7.46. The van der Waals surface area contributed by atoms with Crippen LogP contribution in [0.1, 0.15) is 19.8 Å². The van der Waals surface area contributed by atoms with Crippen LogP contribution >= 0.6 is 0 Å². The van der Waals surface area contributed by atoms with Crippen LogP contribution in [0, 0.1) is 0 Å². The maximum Gasteiger partial charge on any atom is 0.261 e. The highest BCUT2D eigenvalue weighted by Gasteiger charge is 2.20. The number of hydrogen-bond acceptors (Lipinski definition) is 5. The highest BCUT2D eigenvalue weighted by molar-refractivity contribution is 5.96. The lowest BCUT2D eigenvalue weighted by Gasteiger charge is -2.13. The first-order valence-corrected chi connectivity index (χ1v) is 7.46. The van der Waals surface area contributed by atoms with Gasteiger partial charge < -0.3 is 0 Å². The SMILES string of the molecule is CCCCn1c(=O)c2c/c(=C\NO)c(=O)c3cccc(c3-2)c1=O. The van der Waals surface area contributed by atoms with Gasteiger partial charge in [-0.3, -0.25) is 29.6 Å². The quantitative estimate of drug-likeness (QED) is 0.685. The molecule has 3 rings (SSSR count). The van der Waals surface area contributed by atoms with Crippen LogP contribution in [0.25, 0.3) is 28.1 Å². The van der Waals surface area contributed by atoms with Crippen LogP contribution in [0.5, 0.6) is 0 Å². The Bertz CT molecular complexity index is 1060. The first-order chi connectivity index (χ1) is 11.1. The summed E-state index contributed by atoms with van der Waals surface area (Å²) in [5.74, 6) is 0. The predicted molar refractivity (Wildman–Crippen MR) is 88.1 cm³/mol. The zero-order valence-electron chi connectivity index (χ0n) is 12.6. The van der Waals surface area contributed by atoms with Gasteiger partial charge in [0, 0.05) is 39.9 Å². The van der Waals surface area contributed by atoms with Crippen LogP contribution in [-0.2, 0) is 6.54 Å². The van der Waals surface area contributed by atoms with E-state index < -0.39 is 5.56 Å². The minimum absolute atomic E-state index is 0.172. The first kappa shape index (κ1) is 15.2. The number of pyridine rings is 1. The van der Waals surface area contributed by atoms with Crippen LogP contribution < -0.4 is 27.2 Å². The van der Waals surface area contributed by atoms with Crippen molar-refractivity contribution in [3.63, 3.8) is 0 Å². The Labute approximate surface area is 130 Å². The van der Waals surface area contributed by atoms with Crippen LogP contribution in [0.2, 0.25) is 0 Å². The number of nitrogens with zero attached hydrogens (tertiary/aromatic N) is 1. The van der Waals surface area contributed by atoms with E-state index in [9.17, 15) is 14.4 Å². The second-order valence-electron chi connectivity index (χ2n) is 5.46. The molecule has 0 unspecified atom stereocenters. The molecule has 0 radical (unpaired) electrons. The molecule has 2 N–H and O–H groups in total. The Balaban J connectivity index is 2.55. The molecule has 0 bridgehead atoms. The van der Waals surface area contributed by atoms with Gasteiger partial charge in [0.25, 0.3) is 11.1 Å². The molecule has 0 fully saturated rings. The highest BCUT2D eigenvalue weighted by atomic mass is 16.5. The smallest absolute Gasteiger partial charge is 0.261 e. The number of nitrogens with one attached hydrogen (secondary N) is 1. The molecule has 0 saturated carbocycles. The molecule has 6 heteroatoms. The molecule has 118 valence electrons. The monoisotopic (exact) mass is 312 g/mol. The van der Waals surface area contributed by atoms with Crippen molar-refractivity contribution in [2.45, 2.75) is 26.3 Å². The molecule has 1 aromatic carbocycles. The van der Waals surface area contributed by atoms with Gasteiger partial charge in [-0.2, -0.15) is 0 Å². The van der Waals surface area contributed by atoms with Crippen molar-refractivity contribution in [2.75, 3.05) is 0 Å². The van der Waals surface area contributed by atoms with Gasteiger partial charge in [-0.1, -0.05) is 25.5 Å². The number of hydrogen-bond donors (Lipinski definition) is 2. The predicted octanol–water partition coefficient (Wildman–Crippen LogP) is 0.500. The molecule has 1 aliphatic heterocycles. The summed E-state index contributed by atoms with van der Waals surface area (Å²) in [6.45, 7) is 2.33. The molecule has 0 aromatic heterocycles. The molecule has 1 heterocycles. The zero-order chi connectivity index (χ0) is 16.6. The van der Waals surface area contributed by atoms with Gasteiger partial charge >= 0.3 is 0 Å². The molecule has 0 atom stereocenters. The third-order valence-corrected chi connectivity index (χ3v) is 4.05.